The second kappa shape index (κ2) is 10.0. The van der Waals surface area contributed by atoms with Crippen LogP contribution >= 0.6 is 0 Å². The summed E-state index contributed by atoms with van der Waals surface area (Å²) in [6.07, 6.45) is 0.733. The molecule has 1 aliphatic carbocycles. The molecule has 0 saturated carbocycles. The van der Waals surface area contributed by atoms with Crippen LogP contribution in [0, 0.1) is 0 Å². The Kier molecular flexibility index (Phi) is 6.86. The number of carboxylic acid groups (broad SMARTS) is 1. The minimum atomic E-state index is -1.15. The van der Waals surface area contributed by atoms with E-state index in [1.807, 2.05) is 48.5 Å². The standard InChI is InChI=1S/C26H28N4O5/c1-4-30(16(2)25(32)33)24(31)23(22-13-14-27-29(22)3)28-26(34)35-15-21-19-11-7-5-9-17(19)18-10-6-8-12-20(18)21/h5-14,16,21,23H,4,15H2,1-3H3,(H,28,34)(H,32,33). The van der Waals surface area contributed by atoms with E-state index in [1.165, 1.54) is 22.7 Å². The third kappa shape index (κ3) is 4.62. The summed E-state index contributed by atoms with van der Waals surface area (Å²) < 4.78 is 7.08. The summed E-state index contributed by atoms with van der Waals surface area (Å²) in [4.78, 5) is 39.0. The summed E-state index contributed by atoms with van der Waals surface area (Å²) in [5.74, 6) is -1.82. The van der Waals surface area contributed by atoms with Crippen molar-refractivity contribution in [2.24, 2.45) is 7.05 Å². The molecule has 9 nitrogen and oxygen atoms in total. The highest BCUT2D eigenvalue weighted by atomic mass is 16.5. The van der Waals surface area contributed by atoms with E-state index in [2.05, 4.69) is 10.4 Å². The Morgan fingerprint density at radius 3 is 2.20 bits per heavy atom. The summed E-state index contributed by atoms with van der Waals surface area (Å²) in [7, 11) is 1.64. The molecule has 2 atom stereocenters. The second-order valence-corrected chi connectivity index (χ2v) is 8.42. The number of carbonyl (C=O) groups is 3. The summed E-state index contributed by atoms with van der Waals surface area (Å²) in [6, 6.07) is 15.4. The van der Waals surface area contributed by atoms with Crippen LogP contribution in [-0.2, 0) is 21.4 Å². The third-order valence-electron chi connectivity index (χ3n) is 6.46. The van der Waals surface area contributed by atoms with Crippen LogP contribution in [-0.4, -0.2) is 57.0 Å². The minimum absolute atomic E-state index is 0.0924. The number of carboxylic acids is 1. The lowest BCUT2D eigenvalue weighted by Crippen LogP contribution is -2.49. The molecule has 2 amide bonds. The summed E-state index contributed by atoms with van der Waals surface area (Å²) in [5, 5.41) is 16.1. The Hall–Kier alpha value is -4.14. The topological polar surface area (TPSA) is 114 Å². The van der Waals surface area contributed by atoms with Gasteiger partial charge in [-0.2, -0.15) is 5.10 Å². The lowest BCUT2D eigenvalue weighted by molar-refractivity contribution is -0.150. The van der Waals surface area contributed by atoms with Gasteiger partial charge in [-0.3, -0.25) is 9.48 Å². The van der Waals surface area contributed by atoms with Gasteiger partial charge >= 0.3 is 12.1 Å². The number of fused-ring (bicyclic) bond motifs is 3. The van der Waals surface area contributed by atoms with E-state index >= 15 is 0 Å². The van der Waals surface area contributed by atoms with E-state index in [4.69, 9.17) is 4.74 Å². The van der Waals surface area contributed by atoms with Gasteiger partial charge in [-0.1, -0.05) is 48.5 Å². The number of nitrogens with one attached hydrogen (secondary N) is 1. The van der Waals surface area contributed by atoms with Gasteiger partial charge < -0.3 is 20.1 Å². The number of nitrogens with zero attached hydrogens (tertiary/aromatic N) is 3. The van der Waals surface area contributed by atoms with E-state index in [-0.39, 0.29) is 19.1 Å². The molecule has 3 aromatic rings. The molecule has 0 spiro atoms. The smallest absolute Gasteiger partial charge is 0.408 e. The Balaban J connectivity index is 1.53. The zero-order valence-electron chi connectivity index (χ0n) is 19.8. The fourth-order valence-corrected chi connectivity index (χ4v) is 4.61. The van der Waals surface area contributed by atoms with Gasteiger partial charge in [-0.05, 0) is 42.2 Å². The number of alkyl carbamates (subject to hydrolysis) is 1. The van der Waals surface area contributed by atoms with Crippen LogP contribution in [0.2, 0.25) is 0 Å². The van der Waals surface area contributed by atoms with E-state index in [1.54, 1.807) is 20.0 Å². The molecule has 182 valence electrons. The maximum atomic E-state index is 13.3. The Labute approximate surface area is 203 Å². The van der Waals surface area contributed by atoms with Gasteiger partial charge in [-0.15, -0.1) is 0 Å². The number of rotatable bonds is 8. The van der Waals surface area contributed by atoms with E-state index in [9.17, 15) is 19.5 Å². The predicted octanol–water partition coefficient (Wildman–Crippen LogP) is 3.32. The molecular formula is C26H28N4O5. The minimum Gasteiger partial charge on any atom is -0.480 e. The number of likely N-dealkylation sites (N-methyl/N-ethyl adjacent to an activating group) is 1. The van der Waals surface area contributed by atoms with Gasteiger partial charge in [0, 0.05) is 25.7 Å². The number of aliphatic carboxylic acids is 1. The van der Waals surface area contributed by atoms with Gasteiger partial charge in [0.25, 0.3) is 5.91 Å². The molecule has 2 aromatic carbocycles. The first kappa shape index (κ1) is 24.0. The first-order valence-electron chi connectivity index (χ1n) is 11.5. The van der Waals surface area contributed by atoms with Crippen molar-refractivity contribution in [3.8, 4) is 11.1 Å². The van der Waals surface area contributed by atoms with Gasteiger partial charge in [0.05, 0.1) is 5.69 Å². The van der Waals surface area contributed by atoms with Crippen LogP contribution < -0.4 is 5.32 Å². The van der Waals surface area contributed by atoms with Gasteiger partial charge in [-0.25, -0.2) is 9.59 Å². The van der Waals surface area contributed by atoms with Crippen LogP contribution in [0.5, 0.6) is 0 Å². The zero-order valence-corrected chi connectivity index (χ0v) is 19.8. The molecule has 1 aromatic heterocycles. The van der Waals surface area contributed by atoms with Crippen molar-refractivity contribution in [1.29, 1.82) is 0 Å². The van der Waals surface area contributed by atoms with Crippen LogP contribution in [0.4, 0.5) is 4.79 Å². The van der Waals surface area contributed by atoms with Gasteiger partial charge in [0.15, 0.2) is 6.04 Å². The highest BCUT2D eigenvalue weighted by molar-refractivity contribution is 5.90. The van der Waals surface area contributed by atoms with E-state index in [0.29, 0.717) is 5.69 Å². The quantitative estimate of drug-likeness (QED) is 0.516. The van der Waals surface area contributed by atoms with E-state index in [0.717, 1.165) is 22.3 Å². The van der Waals surface area contributed by atoms with Crippen molar-refractivity contribution in [3.05, 3.63) is 77.6 Å². The number of aryl methyl sites for hydroxylation is 1. The Morgan fingerprint density at radius 1 is 1.09 bits per heavy atom. The molecule has 4 rings (SSSR count). The largest absolute Gasteiger partial charge is 0.480 e. The number of amides is 2. The van der Waals surface area contributed by atoms with Crippen molar-refractivity contribution in [3.63, 3.8) is 0 Å². The van der Waals surface area contributed by atoms with Crippen LogP contribution in [0.15, 0.2) is 60.8 Å². The molecule has 1 heterocycles. The third-order valence-corrected chi connectivity index (χ3v) is 6.46. The molecule has 2 unspecified atom stereocenters. The Morgan fingerprint density at radius 2 is 1.69 bits per heavy atom. The number of ether oxygens (including phenoxy) is 1. The fraction of sp³-hybridized carbons (Fsp3) is 0.308. The molecule has 9 heteroatoms. The lowest BCUT2D eigenvalue weighted by atomic mass is 9.98. The molecule has 0 bridgehead atoms. The normalized spacial score (nSPS) is 13.9. The van der Waals surface area contributed by atoms with Crippen LogP contribution in [0.1, 0.15) is 42.6 Å². The maximum Gasteiger partial charge on any atom is 0.408 e. The number of aromatic nitrogens is 2. The molecule has 0 fully saturated rings. The molecule has 1 aliphatic rings. The molecule has 0 aliphatic heterocycles. The van der Waals surface area contributed by atoms with Crippen LogP contribution in [0.3, 0.4) is 0 Å². The molecular weight excluding hydrogens is 448 g/mol. The number of benzene rings is 2. The highest BCUT2D eigenvalue weighted by Crippen LogP contribution is 2.44. The monoisotopic (exact) mass is 476 g/mol. The average molecular weight is 477 g/mol. The summed E-state index contributed by atoms with van der Waals surface area (Å²) in [5.41, 5.74) is 4.79. The van der Waals surface area contributed by atoms with Crippen molar-refractivity contribution < 1.29 is 24.2 Å². The summed E-state index contributed by atoms with van der Waals surface area (Å²) >= 11 is 0. The fourth-order valence-electron chi connectivity index (χ4n) is 4.61. The highest BCUT2D eigenvalue weighted by Gasteiger charge is 2.35. The molecule has 0 radical (unpaired) electrons. The summed E-state index contributed by atoms with van der Waals surface area (Å²) in [6.45, 7) is 3.37. The maximum absolute atomic E-state index is 13.3. The molecule has 0 saturated heterocycles. The van der Waals surface area contributed by atoms with E-state index < -0.39 is 30.1 Å². The first-order valence-corrected chi connectivity index (χ1v) is 11.5. The molecule has 2 N–H and O–H groups in total. The van der Waals surface area contributed by atoms with Crippen molar-refractivity contribution in [1.82, 2.24) is 20.0 Å². The number of carbonyl (C=O) groups excluding carboxylic acids is 2. The first-order chi connectivity index (χ1) is 16.8. The van der Waals surface area contributed by atoms with Gasteiger partial charge in [0.2, 0.25) is 0 Å². The predicted molar refractivity (Wildman–Crippen MR) is 129 cm³/mol. The van der Waals surface area contributed by atoms with Crippen molar-refractivity contribution >= 4 is 18.0 Å². The number of hydrogen-bond donors (Lipinski definition) is 2. The van der Waals surface area contributed by atoms with Crippen molar-refractivity contribution in [2.75, 3.05) is 13.2 Å². The average Bonchev–Trinajstić information content (AvgIpc) is 3.42. The number of hydrogen-bond acceptors (Lipinski definition) is 5. The zero-order chi connectivity index (χ0) is 25.1. The van der Waals surface area contributed by atoms with Gasteiger partial charge in [0.1, 0.15) is 12.6 Å². The van der Waals surface area contributed by atoms with Crippen molar-refractivity contribution in [2.45, 2.75) is 31.8 Å². The SMILES string of the molecule is CCN(C(=O)C(NC(=O)OCC1c2ccccc2-c2ccccc21)c1ccnn1C)C(C)C(=O)O. The lowest BCUT2D eigenvalue weighted by Gasteiger charge is -2.29. The molecule has 35 heavy (non-hydrogen) atoms. The van der Waals surface area contributed by atoms with Crippen LogP contribution in [0.25, 0.3) is 11.1 Å². The second-order valence-electron chi connectivity index (χ2n) is 8.42. The Bertz CT molecular complexity index is 1210.